The fourth-order valence-electron chi connectivity index (χ4n) is 1.86. The summed E-state index contributed by atoms with van der Waals surface area (Å²) in [6, 6.07) is 1.37. The van der Waals surface area contributed by atoms with Gasteiger partial charge in [-0.25, -0.2) is 13.1 Å². The number of alkyl halides is 3. The summed E-state index contributed by atoms with van der Waals surface area (Å²) in [6.45, 7) is 2.47. The monoisotopic (exact) mass is 365 g/mol. The molecule has 1 heterocycles. The number of halogens is 4. The second kappa shape index (κ2) is 6.82. The summed E-state index contributed by atoms with van der Waals surface area (Å²) in [4.78, 5) is 0. The van der Waals surface area contributed by atoms with Crippen LogP contribution in [0, 0.1) is 5.92 Å². The molecule has 0 saturated carbocycles. The topological polar surface area (TPSA) is 66.4 Å². The molecule has 1 aromatic heterocycles. The Morgan fingerprint density at radius 3 is 2.33 bits per heavy atom. The van der Waals surface area contributed by atoms with Crippen molar-refractivity contribution in [3.8, 4) is 0 Å². The van der Waals surface area contributed by atoms with Crippen molar-refractivity contribution in [3.05, 3.63) is 16.5 Å². The maximum Gasteiger partial charge on any atom is 0.389 e. The first-order chi connectivity index (χ1) is 9.42. The van der Waals surface area contributed by atoms with Gasteiger partial charge in [-0.3, -0.25) is 0 Å². The van der Waals surface area contributed by atoms with Gasteiger partial charge in [-0.1, -0.05) is 18.5 Å². The van der Waals surface area contributed by atoms with Crippen LogP contribution in [-0.4, -0.2) is 31.8 Å². The van der Waals surface area contributed by atoms with Crippen LogP contribution in [0.4, 0.5) is 13.2 Å². The van der Waals surface area contributed by atoms with Crippen LogP contribution in [0.3, 0.4) is 0 Å². The number of thiophene rings is 1. The zero-order chi connectivity index (χ0) is 16.4. The van der Waals surface area contributed by atoms with Gasteiger partial charge in [-0.15, -0.1) is 11.3 Å². The van der Waals surface area contributed by atoms with Crippen LogP contribution in [-0.2, 0) is 10.0 Å². The Bertz CT molecular complexity index is 572. The molecule has 0 aliphatic rings. The zero-order valence-electron chi connectivity index (χ0n) is 11.2. The predicted molar refractivity (Wildman–Crippen MR) is 75.0 cm³/mol. The Balaban J connectivity index is 2.93. The van der Waals surface area contributed by atoms with Crippen LogP contribution < -0.4 is 4.72 Å². The van der Waals surface area contributed by atoms with E-state index >= 15 is 0 Å². The van der Waals surface area contributed by atoms with E-state index in [0.29, 0.717) is 0 Å². The van der Waals surface area contributed by atoms with Crippen LogP contribution in [0.15, 0.2) is 16.3 Å². The van der Waals surface area contributed by atoms with Gasteiger partial charge < -0.3 is 5.11 Å². The van der Waals surface area contributed by atoms with Crippen LogP contribution in [0.25, 0.3) is 0 Å². The number of nitrogens with one attached hydrogen (secondary N) is 1. The lowest BCUT2D eigenvalue weighted by atomic mass is 9.95. The molecule has 0 unspecified atom stereocenters. The first kappa shape index (κ1) is 18.7. The summed E-state index contributed by atoms with van der Waals surface area (Å²) in [5.41, 5.74) is 0. The number of rotatable bonds is 6. The molecule has 21 heavy (non-hydrogen) atoms. The highest BCUT2D eigenvalue weighted by molar-refractivity contribution is 7.91. The van der Waals surface area contributed by atoms with Crippen LogP contribution in [0.5, 0.6) is 0 Å². The average Bonchev–Trinajstić information content (AvgIpc) is 2.70. The van der Waals surface area contributed by atoms with Gasteiger partial charge in [0.05, 0.1) is 16.5 Å². The molecule has 0 fully saturated rings. The molecule has 0 aliphatic carbocycles. The molecule has 2 N–H and O–H groups in total. The third kappa shape index (κ3) is 5.74. The third-order valence-corrected chi connectivity index (χ3v) is 5.97. The first-order valence-electron chi connectivity index (χ1n) is 5.95. The lowest BCUT2D eigenvalue weighted by Gasteiger charge is -2.27. The van der Waals surface area contributed by atoms with E-state index < -0.39 is 40.7 Å². The predicted octanol–water partition coefficient (Wildman–Crippen LogP) is 3.02. The summed E-state index contributed by atoms with van der Waals surface area (Å²) in [5.74, 6) is -1.12. The van der Waals surface area contributed by atoms with Gasteiger partial charge in [-0.05, 0) is 25.0 Å². The SMILES string of the molecule is C[C@H](O)[C@@H](NS(=O)(=O)c1ccc(Cl)s1)[C@H](C)CC(F)(F)F. The van der Waals surface area contributed by atoms with Gasteiger partial charge in [0, 0.05) is 6.42 Å². The Labute approximate surface area is 130 Å². The molecule has 4 nitrogen and oxygen atoms in total. The van der Waals surface area contributed by atoms with Crippen molar-refractivity contribution in [1.29, 1.82) is 0 Å². The minimum absolute atomic E-state index is 0.114. The van der Waals surface area contributed by atoms with Crippen LogP contribution in [0.2, 0.25) is 4.34 Å². The third-order valence-electron chi connectivity index (χ3n) is 2.79. The van der Waals surface area contributed by atoms with E-state index in [1.165, 1.54) is 26.0 Å². The fourth-order valence-corrected chi connectivity index (χ4v) is 4.78. The molecule has 0 radical (unpaired) electrons. The quantitative estimate of drug-likeness (QED) is 0.814. The number of sulfonamides is 1. The smallest absolute Gasteiger partial charge is 0.389 e. The van der Waals surface area contributed by atoms with Crippen molar-refractivity contribution >= 4 is 33.0 Å². The molecule has 0 aromatic carbocycles. The second-order valence-corrected chi connectivity index (χ2v) is 8.40. The van der Waals surface area contributed by atoms with Crippen molar-refractivity contribution in [2.24, 2.45) is 5.92 Å². The highest BCUT2D eigenvalue weighted by Crippen LogP contribution is 2.29. The molecular formula is C11H15ClF3NO3S2. The van der Waals surface area contributed by atoms with E-state index in [9.17, 15) is 26.7 Å². The van der Waals surface area contributed by atoms with Gasteiger partial charge in [0.15, 0.2) is 0 Å². The Morgan fingerprint density at radius 2 is 1.95 bits per heavy atom. The molecule has 0 saturated heterocycles. The molecule has 3 atom stereocenters. The van der Waals surface area contributed by atoms with Crippen molar-refractivity contribution in [3.63, 3.8) is 0 Å². The van der Waals surface area contributed by atoms with E-state index in [0.717, 1.165) is 11.3 Å². The highest BCUT2D eigenvalue weighted by Gasteiger charge is 2.37. The zero-order valence-corrected chi connectivity index (χ0v) is 13.6. The van der Waals surface area contributed by atoms with Crippen LogP contribution >= 0.6 is 22.9 Å². The molecule has 1 aromatic rings. The van der Waals surface area contributed by atoms with E-state index in [1.807, 2.05) is 0 Å². The summed E-state index contributed by atoms with van der Waals surface area (Å²) in [5, 5.41) is 9.58. The Kier molecular flexibility index (Phi) is 6.08. The first-order valence-corrected chi connectivity index (χ1v) is 8.62. The summed E-state index contributed by atoms with van der Waals surface area (Å²) in [7, 11) is -4.03. The van der Waals surface area contributed by atoms with Gasteiger partial charge in [-0.2, -0.15) is 13.2 Å². The lowest BCUT2D eigenvalue weighted by molar-refractivity contribution is -0.146. The van der Waals surface area contributed by atoms with E-state index in [1.54, 1.807) is 0 Å². The van der Waals surface area contributed by atoms with Crippen molar-refractivity contribution in [1.82, 2.24) is 4.72 Å². The Hall–Kier alpha value is -0.350. The maximum absolute atomic E-state index is 12.4. The second-order valence-electron chi connectivity index (χ2n) is 4.74. The molecule has 0 bridgehead atoms. The molecular weight excluding hydrogens is 351 g/mol. The molecule has 0 aliphatic heterocycles. The van der Waals surface area contributed by atoms with E-state index in [-0.39, 0.29) is 8.55 Å². The summed E-state index contributed by atoms with van der Waals surface area (Å²) < 4.78 is 63.6. The minimum Gasteiger partial charge on any atom is -0.392 e. The van der Waals surface area contributed by atoms with Gasteiger partial charge >= 0.3 is 6.18 Å². The van der Waals surface area contributed by atoms with E-state index in [4.69, 9.17) is 11.6 Å². The number of hydrogen-bond donors (Lipinski definition) is 2. The van der Waals surface area contributed by atoms with Crippen LogP contribution in [0.1, 0.15) is 20.3 Å². The molecule has 122 valence electrons. The lowest BCUT2D eigenvalue weighted by Crippen LogP contribution is -2.47. The van der Waals surface area contributed by atoms with Crippen molar-refractivity contribution in [2.75, 3.05) is 0 Å². The van der Waals surface area contributed by atoms with Gasteiger partial charge in [0.2, 0.25) is 10.0 Å². The highest BCUT2D eigenvalue weighted by atomic mass is 35.5. The molecule has 1 rings (SSSR count). The standard InChI is InChI=1S/C11H15ClF3NO3S2/c1-6(5-11(13,14)15)10(7(2)17)16-21(18,19)9-4-3-8(12)20-9/h3-4,6-7,10,16-17H,5H2,1-2H3/t6-,7+,10+/m1/s1. The fraction of sp³-hybridized carbons (Fsp3) is 0.636. The molecule has 0 spiro atoms. The van der Waals surface area contributed by atoms with Crippen molar-refractivity contribution < 1.29 is 26.7 Å². The number of aliphatic hydroxyl groups excluding tert-OH is 1. The molecule has 0 amide bonds. The van der Waals surface area contributed by atoms with Gasteiger partial charge in [0.25, 0.3) is 0 Å². The van der Waals surface area contributed by atoms with Gasteiger partial charge in [0.1, 0.15) is 4.21 Å². The summed E-state index contributed by atoms with van der Waals surface area (Å²) >= 11 is 6.43. The molecule has 10 heteroatoms. The Morgan fingerprint density at radius 1 is 1.38 bits per heavy atom. The van der Waals surface area contributed by atoms with E-state index in [2.05, 4.69) is 4.72 Å². The minimum atomic E-state index is -4.44. The normalized spacial score (nSPS) is 17.5. The number of hydrogen-bond acceptors (Lipinski definition) is 4. The largest absolute Gasteiger partial charge is 0.392 e. The van der Waals surface area contributed by atoms with Crippen molar-refractivity contribution in [2.45, 2.75) is 42.8 Å². The summed E-state index contributed by atoms with van der Waals surface area (Å²) in [6.07, 6.45) is -6.91. The maximum atomic E-state index is 12.4. The number of aliphatic hydroxyl groups is 1. The average molecular weight is 366 g/mol.